The molecule has 0 radical (unpaired) electrons. The molecule has 0 aliphatic heterocycles. The zero-order chi connectivity index (χ0) is 12.3. The average molecular weight is 224 g/mol. The van der Waals surface area contributed by atoms with Crippen LogP contribution in [0.15, 0.2) is 18.5 Å². The summed E-state index contributed by atoms with van der Waals surface area (Å²) in [5, 5.41) is 13.8. The number of rotatable bonds is 4. The van der Waals surface area contributed by atoms with Crippen molar-refractivity contribution in [3.8, 4) is 0 Å². The number of nitrogens with zero attached hydrogens (tertiary/aromatic N) is 2. The predicted octanol–water partition coefficient (Wildman–Crippen LogP) is 1.53. The molecule has 0 bridgehead atoms. The van der Waals surface area contributed by atoms with E-state index in [-0.39, 0.29) is 11.7 Å². The standard InChI is InChI=1S/C10H16N4O2/c1-7(10(2,3)11)13-8-4-5-12-6-9(8)14(15)16/h4-7H,11H2,1-3H3,(H,12,13). The number of anilines is 1. The average Bonchev–Trinajstić information content (AvgIpc) is 2.16. The minimum atomic E-state index is -0.467. The van der Waals surface area contributed by atoms with Crippen LogP contribution in [0.2, 0.25) is 0 Å². The minimum absolute atomic E-state index is 0.0430. The minimum Gasteiger partial charge on any atom is -0.375 e. The van der Waals surface area contributed by atoms with Crippen LogP contribution in [0.3, 0.4) is 0 Å². The van der Waals surface area contributed by atoms with E-state index in [1.165, 1.54) is 12.4 Å². The molecule has 6 nitrogen and oxygen atoms in total. The van der Waals surface area contributed by atoms with E-state index in [1.807, 2.05) is 20.8 Å². The second kappa shape index (κ2) is 4.44. The van der Waals surface area contributed by atoms with E-state index >= 15 is 0 Å². The maximum atomic E-state index is 10.7. The summed E-state index contributed by atoms with van der Waals surface area (Å²) in [6.45, 7) is 5.60. The van der Waals surface area contributed by atoms with Crippen LogP contribution in [-0.4, -0.2) is 21.5 Å². The van der Waals surface area contributed by atoms with Crippen molar-refractivity contribution in [2.45, 2.75) is 32.4 Å². The Morgan fingerprint density at radius 2 is 2.25 bits per heavy atom. The molecule has 0 amide bonds. The Labute approximate surface area is 94.0 Å². The molecule has 0 fully saturated rings. The lowest BCUT2D eigenvalue weighted by atomic mass is 9.97. The Bertz CT molecular complexity index is 387. The largest absolute Gasteiger partial charge is 0.375 e. The molecule has 1 heterocycles. The molecule has 6 heteroatoms. The first-order valence-corrected chi connectivity index (χ1v) is 4.96. The van der Waals surface area contributed by atoms with Gasteiger partial charge in [-0.15, -0.1) is 0 Å². The van der Waals surface area contributed by atoms with E-state index in [2.05, 4.69) is 10.3 Å². The van der Waals surface area contributed by atoms with Gasteiger partial charge in [0, 0.05) is 17.8 Å². The summed E-state index contributed by atoms with van der Waals surface area (Å²) < 4.78 is 0. The molecule has 1 atom stereocenters. The van der Waals surface area contributed by atoms with E-state index in [0.717, 1.165) is 0 Å². The Morgan fingerprint density at radius 1 is 1.62 bits per heavy atom. The molecule has 3 N–H and O–H groups in total. The van der Waals surface area contributed by atoms with E-state index in [0.29, 0.717) is 5.69 Å². The van der Waals surface area contributed by atoms with Crippen molar-refractivity contribution in [3.63, 3.8) is 0 Å². The highest BCUT2D eigenvalue weighted by atomic mass is 16.6. The zero-order valence-corrected chi connectivity index (χ0v) is 9.60. The third-order valence-electron chi connectivity index (χ3n) is 2.48. The summed E-state index contributed by atoms with van der Waals surface area (Å²) in [6.07, 6.45) is 2.73. The lowest BCUT2D eigenvalue weighted by Crippen LogP contribution is -2.47. The van der Waals surface area contributed by atoms with Gasteiger partial charge in [0.1, 0.15) is 11.9 Å². The fourth-order valence-electron chi connectivity index (χ4n) is 1.07. The molecule has 0 spiro atoms. The molecular weight excluding hydrogens is 208 g/mol. The molecule has 0 aliphatic carbocycles. The van der Waals surface area contributed by atoms with Gasteiger partial charge in [-0.25, -0.2) is 0 Å². The molecule has 1 rings (SSSR count). The van der Waals surface area contributed by atoms with E-state index in [9.17, 15) is 10.1 Å². The van der Waals surface area contributed by atoms with Gasteiger partial charge >= 0.3 is 5.69 Å². The lowest BCUT2D eigenvalue weighted by Gasteiger charge is -2.28. The Morgan fingerprint density at radius 3 is 2.75 bits per heavy atom. The van der Waals surface area contributed by atoms with E-state index in [1.54, 1.807) is 6.07 Å². The maximum absolute atomic E-state index is 10.7. The van der Waals surface area contributed by atoms with Gasteiger partial charge < -0.3 is 11.1 Å². The number of aromatic nitrogens is 1. The van der Waals surface area contributed by atoms with Crippen LogP contribution < -0.4 is 11.1 Å². The van der Waals surface area contributed by atoms with Crippen LogP contribution in [0.4, 0.5) is 11.4 Å². The summed E-state index contributed by atoms with van der Waals surface area (Å²) in [5.74, 6) is 0. The third kappa shape index (κ3) is 2.90. The fraction of sp³-hybridized carbons (Fsp3) is 0.500. The molecule has 16 heavy (non-hydrogen) atoms. The number of pyridine rings is 1. The van der Waals surface area contributed by atoms with Crippen molar-refractivity contribution in [2.24, 2.45) is 5.73 Å². The summed E-state index contributed by atoms with van der Waals surface area (Å²) in [6, 6.07) is 1.48. The van der Waals surface area contributed by atoms with Crippen LogP contribution >= 0.6 is 0 Å². The maximum Gasteiger partial charge on any atom is 0.310 e. The van der Waals surface area contributed by atoms with Gasteiger partial charge in [0.25, 0.3) is 0 Å². The smallest absolute Gasteiger partial charge is 0.310 e. The normalized spacial score (nSPS) is 13.2. The second-order valence-electron chi connectivity index (χ2n) is 4.34. The number of nitro groups is 1. The van der Waals surface area contributed by atoms with Crippen molar-refractivity contribution in [1.29, 1.82) is 0 Å². The molecule has 0 aromatic carbocycles. The number of hydrogen-bond donors (Lipinski definition) is 2. The topological polar surface area (TPSA) is 94.1 Å². The van der Waals surface area contributed by atoms with Gasteiger partial charge in [0.15, 0.2) is 0 Å². The molecule has 1 unspecified atom stereocenters. The Hall–Kier alpha value is -1.69. The van der Waals surface area contributed by atoms with Crippen molar-refractivity contribution in [3.05, 3.63) is 28.6 Å². The highest BCUT2D eigenvalue weighted by Gasteiger charge is 2.23. The Kier molecular flexibility index (Phi) is 3.44. The van der Waals surface area contributed by atoms with Gasteiger partial charge in [-0.3, -0.25) is 15.1 Å². The van der Waals surface area contributed by atoms with Gasteiger partial charge in [-0.1, -0.05) is 0 Å². The number of nitrogens with one attached hydrogen (secondary N) is 1. The van der Waals surface area contributed by atoms with Crippen molar-refractivity contribution >= 4 is 11.4 Å². The van der Waals surface area contributed by atoms with Crippen LogP contribution in [-0.2, 0) is 0 Å². The zero-order valence-electron chi connectivity index (χ0n) is 9.60. The van der Waals surface area contributed by atoms with Gasteiger partial charge in [-0.2, -0.15) is 0 Å². The first-order valence-electron chi connectivity index (χ1n) is 4.96. The van der Waals surface area contributed by atoms with Crippen LogP contribution in [0.5, 0.6) is 0 Å². The van der Waals surface area contributed by atoms with E-state index < -0.39 is 10.5 Å². The lowest BCUT2D eigenvalue weighted by molar-refractivity contribution is -0.384. The Balaban J connectivity index is 2.93. The van der Waals surface area contributed by atoms with Crippen LogP contribution in [0.25, 0.3) is 0 Å². The third-order valence-corrected chi connectivity index (χ3v) is 2.48. The van der Waals surface area contributed by atoms with Crippen LogP contribution in [0, 0.1) is 10.1 Å². The summed E-state index contributed by atoms with van der Waals surface area (Å²) in [7, 11) is 0. The summed E-state index contributed by atoms with van der Waals surface area (Å²) in [5.41, 5.74) is 5.84. The highest BCUT2D eigenvalue weighted by molar-refractivity contribution is 5.60. The van der Waals surface area contributed by atoms with Gasteiger partial charge in [0.05, 0.1) is 4.92 Å². The fourth-order valence-corrected chi connectivity index (χ4v) is 1.07. The monoisotopic (exact) mass is 224 g/mol. The molecule has 88 valence electrons. The highest BCUT2D eigenvalue weighted by Crippen LogP contribution is 2.24. The molecular formula is C10H16N4O2. The molecule has 0 aliphatic rings. The molecule has 1 aromatic rings. The molecule has 1 aromatic heterocycles. The van der Waals surface area contributed by atoms with Gasteiger partial charge in [0.2, 0.25) is 0 Å². The van der Waals surface area contributed by atoms with Crippen molar-refractivity contribution < 1.29 is 4.92 Å². The van der Waals surface area contributed by atoms with Crippen molar-refractivity contribution in [1.82, 2.24) is 4.98 Å². The molecule has 0 saturated heterocycles. The quantitative estimate of drug-likeness (QED) is 0.597. The number of nitrogens with two attached hydrogens (primary N) is 1. The second-order valence-corrected chi connectivity index (χ2v) is 4.34. The molecule has 0 saturated carbocycles. The number of hydrogen-bond acceptors (Lipinski definition) is 5. The summed E-state index contributed by atoms with van der Waals surface area (Å²) >= 11 is 0. The van der Waals surface area contributed by atoms with E-state index in [4.69, 9.17) is 5.73 Å². The first-order chi connectivity index (χ1) is 7.32. The predicted molar refractivity (Wildman–Crippen MR) is 62.2 cm³/mol. The van der Waals surface area contributed by atoms with Gasteiger partial charge in [-0.05, 0) is 26.8 Å². The van der Waals surface area contributed by atoms with Crippen LogP contribution in [0.1, 0.15) is 20.8 Å². The summed E-state index contributed by atoms with van der Waals surface area (Å²) in [4.78, 5) is 14.0. The first kappa shape index (κ1) is 12.4. The van der Waals surface area contributed by atoms with Crippen molar-refractivity contribution in [2.75, 3.05) is 5.32 Å². The SMILES string of the molecule is CC(Nc1ccncc1[N+](=O)[O-])C(C)(C)N.